The van der Waals surface area contributed by atoms with Gasteiger partial charge in [-0.15, -0.1) is 0 Å². The molecule has 3 rings (SSSR count). The fourth-order valence-corrected chi connectivity index (χ4v) is 2.37. The van der Waals surface area contributed by atoms with E-state index in [9.17, 15) is 10.2 Å². The van der Waals surface area contributed by atoms with Crippen molar-refractivity contribution in [3.05, 3.63) is 59.7 Å². The number of aromatic hydroxyl groups is 1. The molecule has 0 saturated heterocycles. The molecule has 0 bridgehead atoms. The van der Waals surface area contributed by atoms with E-state index >= 15 is 0 Å². The van der Waals surface area contributed by atoms with Gasteiger partial charge in [0.2, 0.25) is 0 Å². The van der Waals surface area contributed by atoms with Crippen LogP contribution in [0.4, 0.5) is 0 Å². The van der Waals surface area contributed by atoms with Crippen LogP contribution in [0, 0.1) is 0 Å². The Morgan fingerprint density at radius 3 is 2.56 bits per heavy atom. The van der Waals surface area contributed by atoms with Gasteiger partial charge in [-0.2, -0.15) is 0 Å². The zero-order chi connectivity index (χ0) is 12.5. The summed E-state index contributed by atoms with van der Waals surface area (Å²) in [7, 11) is 0. The van der Waals surface area contributed by atoms with Gasteiger partial charge in [0.15, 0.2) is 17.6 Å². The van der Waals surface area contributed by atoms with E-state index in [0.29, 0.717) is 12.2 Å². The number of aliphatic hydroxyl groups is 1. The first kappa shape index (κ1) is 11.1. The van der Waals surface area contributed by atoms with Crippen LogP contribution in [0.15, 0.2) is 48.5 Å². The third-order valence-corrected chi connectivity index (χ3v) is 3.26. The molecule has 0 aromatic heterocycles. The number of ether oxygens (including phenoxy) is 1. The summed E-state index contributed by atoms with van der Waals surface area (Å²) in [6, 6.07) is 14.6. The van der Waals surface area contributed by atoms with E-state index in [0.717, 1.165) is 11.1 Å². The van der Waals surface area contributed by atoms with E-state index in [4.69, 9.17) is 4.74 Å². The average molecular weight is 242 g/mol. The summed E-state index contributed by atoms with van der Waals surface area (Å²) in [6.07, 6.45) is -0.384. The number of fused-ring (bicyclic) bond motifs is 1. The summed E-state index contributed by atoms with van der Waals surface area (Å²) in [5.74, 6) is 0.493. The van der Waals surface area contributed by atoms with Crippen molar-refractivity contribution in [3.63, 3.8) is 0 Å². The molecule has 2 atom stereocenters. The largest absolute Gasteiger partial charge is 0.504 e. The number of hydrogen-bond acceptors (Lipinski definition) is 3. The van der Waals surface area contributed by atoms with Gasteiger partial charge in [-0.1, -0.05) is 36.4 Å². The number of phenolic OH excluding ortho intramolecular Hbond substituents is 1. The number of rotatable bonds is 2. The van der Waals surface area contributed by atoms with Crippen molar-refractivity contribution >= 4 is 0 Å². The lowest BCUT2D eigenvalue weighted by atomic mass is 10.1. The van der Waals surface area contributed by atoms with E-state index in [1.165, 1.54) is 0 Å². The minimum Gasteiger partial charge on any atom is -0.504 e. The zero-order valence-electron chi connectivity index (χ0n) is 9.78. The van der Waals surface area contributed by atoms with Crippen LogP contribution in [-0.2, 0) is 6.42 Å². The molecule has 0 spiro atoms. The van der Waals surface area contributed by atoms with E-state index in [1.807, 2.05) is 24.3 Å². The van der Waals surface area contributed by atoms with Crippen LogP contribution in [0.5, 0.6) is 11.5 Å². The van der Waals surface area contributed by atoms with Crippen LogP contribution in [0.25, 0.3) is 0 Å². The molecule has 2 N–H and O–H groups in total. The molecule has 1 aliphatic carbocycles. The summed E-state index contributed by atoms with van der Waals surface area (Å²) >= 11 is 0. The second-order valence-electron chi connectivity index (χ2n) is 4.48. The highest BCUT2D eigenvalue weighted by Gasteiger charge is 2.32. The molecule has 0 aliphatic heterocycles. The first-order chi connectivity index (χ1) is 8.75. The van der Waals surface area contributed by atoms with Gasteiger partial charge >= 0.3 is 0 Å². The van der Waals surface area contributed by atoms with Crippen molar-refractivity contribution in [3.8, 4) is 11.5 Å². The van der Waals surface area contributed by atoms with Gasteiger partial charge in [0.25, 0.3) is 0 Å². The minimum atomic E-state index is -0.568. The SMILES string of the molecule is Oc1ccccc1OC1c2ccccc2CC1O. The van der Waals surface area contributed by atoms with Crippen LogP contribution in [0.2, 0.25) is 0 Å². The maximum atomic E-state index is 10.1. The Morgan fingerprint density at radius 2 is 1.72 bits per heavy atom. The van der Waals surface area contributed by atoms with Gasteiger partial charge in [-0.25, -0.2) is 0 Å². The lowest BCUT2D eigenvalue weighted by Gasteiger charge is -2.19. The second kappa shape index (κ2) is 4.35. The van der Waals surface area contributed by atoms with E-state index in [-0.39, 0.29) is 5.75 Å². The van der Waals surface area contributed by atoms with Gasteiger partial charge in [-0.3, -0.25) is 0 Å². The minimum absolute atomic E-state index is 0.0917. The molecule has 0 fully saturated rings. The van der Waals surface area contributed by atoms with E-state index in [2.05, 4.69) is 0 Å². The molecule has 2 aromatic carbocycles. The molecule has 1 aliphatic rings. The Balaban J connectivity index is 1.92. The third-order valence-electron chi connectivity index (χ3n) is 3.26. The topological polar surface area (TPSA) is 49.7 Å². The molecule has 92 valence electrons. The molecule has 0 heterocycles. The molecule has 18 heavy (non-hydrogen) atoms. The average Bonchev–Trinajstić information content (AvgIpc) is 2.69. The summed E-state index contributed by atoms with van der Waals surface area (Å²) in [5.41, 5.74) is 2.10. The maximum absolute atomic E-state index is 10.1. The molecule has 0 saturated carbocycles. The molecular weight excluding hydrogens is 228 g/mol. The predicted molar refractivity (Wildman–Crippen MR) is 67.6 cm³/mol. The first-order valence-corrected chi connectivity index (χ1v) is 5.96. The summed E-state index contributed by atoms with van der Waals surface area (Å²) in [6.45, 7) is 0. The Morgan fingerprint density at radius 1 is 1.00 bits per heavy atom. The first-order valence-electron chi connectivity index (χ1n) is 5.96. The Hall–Kier alpha value is -2.00. The molecular formula is C15H14O3. The fraction of sp³-hybridized carbons (Fsp3) is 0.200. The van der Waals surface area contributed by atoms with Gasteiger partial charge < -0.3 is 14.9 Å². The number of hydrogen-bond donors (Lipinski definition) is 2. The van der Waals surface area contributed by atoms with Crippen molar-refractivity contribution in [1.29, 1.82) is 0 Å². The molecule has 2 unspecified atom stereocenters. The number of aliphatic hydroxyl groups excluding tert-OH is 1. The summed E-state index contributed by atoms with van der Waals surface area (Å²) < 4.78 is 5.74. The van der Waals surface area contributed by atoms with Crippen molar-refractivity contribution in [2.24, 2.45) is 0 Å². The summed E-state index contributed by atoms with van der Waals surface area (Å²) in [4.78, 5) is 0. The monoisotopic (exact) mass is 242 g/mol. The van der Waals surface area contributed by atoms with Crippen LogP contribution >= 0.6 is 0 Å². The molecule has 3 nitrogen and oxygen atoms in total. The van der Waals surface area contributed by atoms with Crippen molar-refractivity contribution in [2.75, 3.05) is 0 Å². The maximum Gasteiger partial charge on any atom is 0.162 e. The van der Waals surface area contributed by atoms with Crippen molar-refractivity contribution in [1.82, 2.24) is 0 Å². The number of phenols is 1. The predicted octanol–water partition coefficient (Wildman–Crippen LogP) is 2.43. The van der Waals surface area contributed by atoms with Crippen LogP contribution in [-0.4, -0.2) is 16.3 Å². The fourth-order valence-electron chi connectivity index (χ4n) is 2.37. The van der Waals surface area contributed by atoms with Crippen LogP contribution in [0.3, 0.4) is 0 Å². The summed E-state index contributed by atoms with van der Waals surface area (Å²) in [5, 5.41) is 19.8. The smallest absolute Gasteiger partial charge is 0.162 e. The molecule has 2 aromatic rings. The standard InChI is InChI=1S/C15H14O3/c16-12-7-3-4-8-14(12)18-15-11-6-2-1-5-10(11)9-13(15)17/h1-8,13,15-17H,9H2. The van der Waals surface area contributed by atoms with Crippen LogP contribution in [0.1, 0.15) is 17.2 Å². The second-order valence-corrected chi connectivity index (χ2v) is 4.48. The van der Waals surface area contributed by atoms with Gasteiger partial charge in [0.05, 0.1) is 6.10 Å². The Bertz CT molecular complexity index is 565. The number of benzene rings is 2. The number of para-hydroxylation sites is 2. The molecule has 0 radical (unpaired) electrons. The highest BCUT2D eigenvalue weighted by atomic mass is 16.5. The van der Waals surface area contributed by atoms with Gasteiger partial charge in [0, 0.05) is 6.42 Å². The zero-order valence-corrected chi connectivity index (χ0v) is 9.78. The highest BCUT2D eigenvalue weighted by Crippen LogP contribution is 2.37. The highest BCUT2D eigenvalue weighted by molar-refractivity contribution is 5.41. The normalized spacial score (nSPS) is 21.6. The Labute approximate surface area is 105 Å². The lowest BCUT2D eigenvalue weighted by molar-refractivity contribution is 0.0479. The van der Waals surface area contributed by atoms with Gasteiger partial charge in [0.1, 0.15) is 0 Å². The van der Waals surface area contributed by atoms with E-state index in [1.54, 1.807) is 24.3 Å². The van der Waals surface area contributed by atoms with Crippen molar-refractivity contribution < 1.29 is 14.9 Å². The van der Waals surface area contributed by atoms with E-state index < -0.39 is 12.2 Å². The van der Waals surface area contributed by atoms with Crippen LogP contribution < -0.4 is 4.74 Å². The Kier molecular flexibility index (Phi) is 2.68. The quantitative estimate of drug-likeness (QED) is 0.850. The van der Waals surface area contributed by atoms with Gasteiger partial charge in [-0.05, 0) is 23.3 Å². The molecule has 0 amide bonds. The van der Waals surface area contributed by atoms with Crippen molar-refractivity contribution in [2.45, 2.75) is 18.6 Å². The molecule has 3 heteroatoms. The lowest BCUT2D eigenvalue weighted by Crippen LogP contribution is -2.19. The third kappa shape index (κ3) is 1.83.